The molecule has 2 heterocycles. The van der Waals surface area contributed by atoms with Crippen LogP contribution in [0.3, 0.4) is 0 Å². The van der Waals surface area contributed by atoms with E-state index in [1.807, 2.05) is 0 Å². The molecule has 1 aromatic carbocycles. The molecule has 116 valence electrons. The summed E-state index contributed by atoms with van der Waals surface area (Å²) in [5.41, 5.74) is 1.30. The van der Waals surface area contributed by atoms with Crippen LogP contribution in [0.4, 0.5) is 5.69 Å². The minimum Gasteiger partial charge on any atom is -0.493 e. The molecule has 0 bridgehead atoms. The van der Waals surface area contributed by atoms with E-state index in [2.05, 4.69) is 34.5 Å². The summed E-state index contributed by atoms with van der Waals surface area (Å²) < 4.78 is 11.3. The molecule has 2 fully saturated rings. The summed E-state index contributed by atoms with van der Waals surface area (Å²) >= 11 is 0. The van der Waals surface area contributed by atoms with Crippen molar-refractivity contribution < 1.29 is 9.47 Å². The van der Waals surface area contributed by atoms with Crippen molar-refractivity contribution in [2.75, 3.05) is 50.9 Å². The highest BCUT2D eigenvalue weighted by Crippen LogP contribution is 2.22. The standard InChI is InChI=1S/C17H26N2O2/c1-8-18-9-11-19(10-1)16-2-4-17(5-3-16)21-14-15-6-12-20-13-7-15/h2-5,15,18H,1,6-14H2. The summed E-state index contributed by atoms with van der Waals surface area (Å²) in [7, 11) is 0. The lowest BCUT2D eigenvalue weighted by molar-refractivity contribution is 0.0497. The van der Waals surface area contributed by atoms with Crippen LogP contribution in [-0.4, -0.2) is 46.0 Å². The Labute approximate surface area is 127 Å². The predicted octanol–water partition coefficient (Wildman–Crippen LogP) is 2.29. The minimum atomic E-state index is 0.648. The van der Waals surface area contributed by atoms with E-state index in [1.165, 1.54) is 12.1 Å². The van der Waals surface area contributed by atoms with Gasteiger partial charge in [0.05, 0.1) is 6.61 Å². The van der Waals surface area contributed by atoms with E-state index in [4.69, 9.17) is 9.47 Å². The lowest BCUT2D eigenvalue weighted by Gasteiger charge is -2.23. The normalized spacial score (nSPS) is 21.0. The Kier molecular flexibility index (Phi) is 5.35. The monoisotopic (exact) mass is 290 g/mol. The van der Waals surface area contributed by atoms with Gasteiger partial charge < -0.3 is 19.7 Å². The van der Waals surface area contributed by atoms with Crippen molar-refractivity contribution in [1.29, 1.82) is 0 Å². The van der Waals surface area contributed by atoms with Crippen molar-refractivity contribution in [1.82, 2.24) is 5.32 Å². The number of anilines is 1. The molecule has 0 aliphatic carbocycles. The van der Waals surface area contributed by atoms with Crippen molar-refractivity contribution in [3.8, 4) is 5.75 Å². The molecular formula is C17H26N2O2. The first-order chi connectivity index (χ1) is 10.4. The fourth-order valence-electron chi connectivity index (χ4n) is 2.98. The first-order valence-corrected chi connectivity index (χ1v) is 8.18. The molecule has 4 nitrogen and oxygen atoms in total. The van der Waals surface area contributed by atoms with Gasteiger partial charge >= 0.3 is 0 Å². The maximum Gasteiger partial charge on any atom is 0.119 e. The van der Waals surface area contributed by atoms with Crippen LogP contribution in [0.1, 0.15) is 19.3 Å². The number of hydrogen-bond acceptors (Lipinski definition) is 4. The minimum absolute atomic E-state index is 0.648. The summed E-state index contributed by atoms with van der Waals surface area (Å²) in [6.07, 6.45) is 3.46. The van der Waals surface area contributed by atoms with Gasteiger partial charge in [-0.15, -0.1) is 0 Å². The highest BCUT2D eigenvalue weighted by molar-refractivity contribution is 5.49. The molecule has 0 amide bonds. The maximum absolute atomic E-state index is 5.93. The van der Waals surface area contributed by atoms with E-state index in [0.717, 1.165) is 64.6 Å². The average Bonchev–Trinajstić information content (AvgIpc) is 2.84. The SMILES string of the molecule is c1cc(N2CCCNCC2)ccc1OCC1CCOCC1. The molecule has 1 N–H and O–H groups in total. The molecule has 0 aromatic heterocycles. The van der Waals surface area contributed by atoms with Crippen molar-refractivity contribution in [3.05, 3.63) is 24.3 Å². The number of rotatable bonds is 4. The van der Waals surface area contributed by atoms with Crippen molar-refractivity contribution in [2.45, 2.75) is 19.3 Å². The van der Waals surface area contributed by atoms with Gasteiger partial charge in [-0.25, -0.2) is 0 Å². The fourth-order valence-corrected chi connectivity index (χ4v) is 2.98. The quantitative estimate of drug-likeness (QED) is 0.922. The number of nitrogens with zero attached hydrogens (tertiary/aromatic N) is 1. The van der Waals surface area contributed by atoms with Crippen molar-refractivity contribution >= 4 is 5.69 Å². The van der Waals surface area contributed by atoms with Crippen LogP contribution < -0.4 is 15.0 Å². The van der Waals surface area contributed by atoms with Gasteiger partial charge in [-0.05, 0) is 56.0 Å². The van der Waals surface area contributed by atoms with Crippen molar-refractivity contribution in [3.63, 3.8) is 0 Å². The zero-order valence-corrected chi connectivity index (χ0v) is 12.7. The number of benzene rings is 1. The third-order valence-corrected chi connectivity index (χ3v) is 4.37. The van der Waals surface area contributed by atoms with Gasteiger partial charge in [0.25, 0.3) is 0 Å². The lowest BCUT2D eigenvalue weighted by Crippen LogP contribution is -2.27. The molecule has 1 aromatic rings. The Bertz CT molecular complexity index is 407. The Morgan fingerprint density at radius 3 is 2.71 bits per heavy atom. The molecule has 0 spiro atoms. The third kappa shape index (κ3) is 4.35. The summed E-state index contributed by atoms with van der Waals surface area (Å²) in [5.74, 6) is 1.63. The molecule has 2 saturated heterocycles. The van der Waals surface area contributed by atoms with Crippen LogP contribution >= 0.6 is 0 Å². The lowest BCUT2D eigenvalue weighted by atomic mass is 10.0. The second-order valence-electron chi connectivity index (χ2n) is 5.95. The summed E-state index contributed by atoms with van der Waals surface area (Å²) in [6.45, 7) is 7.00. The van der Waals surface area contributed by atoms with Crippen LogP contribution in [0.2, 0.25) is 0 Å². The van der Waals surface area contributed by atoms with E-state index in [-0.39, 0.29) is 0 Å². The van der Waals surface area contributed by atoms with Gasteiger partial charge in [-0.2, -0.15) is 0 Å². The smallest absolute Gasteiger partial charge is 0.119 e. The number of ether oxygens (including phenoxy) is 2. The summed E-state index contributed by atoms with van der Waals surface area (Å²) in [6, 6.07) is 8.58. The van der Waals surface area contributed by atoms with Crippen molar-refractivity contribution in [2.24, 2.45) is 5.92 Å². The van der Waals surface area contributed by atoms with Gasteiger partial charge in [0.15, 0.2) is 0 Å². The second kappa shape index (κ2) is 7.66. The van der Waals surface area contributed by atoms with Crippen LogP contribution in [0.5, 0.6) is 5.75 Å². The largest absolute Gasteiger partial charge is 0.493 e. The molecule has 0 unspecified atom stereocenters. The molecule has 21 heavy (non-hydrogen) atoms. The van der Waals surface area contributed by atoms with Gasteiger partial charge in [0.1, 0.15) is 5.75 Å². The van der Waals surface area contributed by atoms with Crippen LogP contribution in [0.25, 0.3) is 0 Å². The van der Waals surface area contributed by atoms with Gasteiger partial charge in [0.2, 0.25) is 0 Å². The van der Waals surface area contributed by atoms with E-state index < -0.39 is 0 Å². The summed E-state index contributed by atoms with van der Waals surface area (Å²) in [4.78, 5) is 2.45. The van der Waals surface area contributed by atoms with E-state index >= 15 is 0 Å². The highest BCUT2D eigenvalue weighted by Gasteiger charge is 2.14. The number of nitrogens with one attached hydrogen (secondary N) is 1. The molecule has 0 saturated carbocycles. The van der Waals surface area contributed by atoms with Crippen LogP contribution in [0.15, 0.2) is 24.3 Å². The number of hydrogen-bond donors (Lipinski definition) is 1. The highest BCUT2D eigenvalue weighted by atomic mass is 16.5. The van der Waals surface area contributed by atoms with Crippen LogP contribution in [0, 0.1) is 5.92 Å². The Morgan fingerprint density at radius 1 is 1.10 bits per heavy atom. The van der Waals surface area contributed by atoms with Gasteiger partial charge in [-0.3, -0.25) is 0 Å². The third-order valence-electron chi connectivity index (χ3n) is 4.37. The molecule has 2 aliphatic rings. The average molecular weight is 290 g/mol. The molecule has 3 rings (SSSR count). The topological polar surface area (TPSA) is 33.7 Å². The van der Waals surface area contributed by atoms with E-state index in [1.54, 1.807) is 0 Å². The molecule has 0 radical (unpaired) electrons. The first-order valence-electron chi connectivity index (χ1n) is 8.18. The van der Waals surface area contributed by atoms with Crippen LogP contribution in [-0.2, 0) is 4.74 Å². The fraction of sp³-hybridized carbons (Fsp3) is 0.647. The Morgan fingerprint density at radius 2 is 1.90 bits per heavy atom. The zero-order valence-electron chi connectivity index (χ0n) is 12.7. The molecule has 0 atom stereocenters. The summed E-state index contributed by atoms with van der Waals surface area (Å²) in [5, 5.41) is 3.44. The van der Waals surface area contributed by atoms with E-state index in [9.17, 15) is 0 Å². The molecule has 4 heteroatoms. The van der Waals surface area contributed by atoms with E-state index in [0.29, 0.717) is 5.92 Å². The van der Waals surface area contributed by atoms with Gasteiger partial charge in [0, 0.05) is 38.5 Å². The maximum atomic E-state index is 5.93. The van der Waals surface area contributed by atoms with Gasteiger partial charge in [-0.1, -0.05) is 0 Å². The Hall–Kier alpha value is -1.26. The molecule has 2 aliphatic heterocycles. The second-order valence-corrected chi connectivity index (χ2v) is 5.95. The first kappa shape index (κ1) is 14.7. The molecular weight excluding hydrogens is 264 g/mol. The predicted molar refractivity (Wildman–Crippen MR) is 85.2 cm³/mol. The zero-order chi connectivity index (χ0) is 14.3. The Balaban J connectivity index is 1.51.